The minimum absolute atomic E-state index is 0.0408. The van der Waals surface area contributed by atoms with Gasteiger partial charge < -0.3 is 14.4 Å². The van der Waals surface area contributed by atoms with Gasteiger partial charge in [0.15, 0.2) is 0 Å². The molecule has 2 fully saturated rings. The molecule has 10 nitrogen and oxygen atoms in total. The average molecular weight is 550 g/mol. The quantitative estimate of drug-likeness (QED) is 0.483. The van der Waals surface area contributed by atoms with Crippen LogP contribution in [0.3, 0.4) is 0 Å². The molecule has 0 spiro atoms. The van der Waals surface area contributed by atoms with Gasteiger partial charge in [0.25, 0.3) is 5.91 Å². The van der Waals surface area contributed by atoms with Gasteiger partial charge in [0.2, 0.25) is 0 Å². The Morgan fingerprint density at radius 3 is 2.71 bits per heavy atom. The van der Waals surface area contributed by atoms with Crippen LogP contribution >= 0.6 is 0 Å². The zero-order valence-corrected chi connectivity index (χ0v) is 21.8. The van der Waals surface area contributed by atoms with Crippen LogP contribution in [0, 0.1) is 5.82 Å². The summed E-state index contributed by atoms with van der Waals surface area (Å²) in [7, 11) is -1.41. The summed E-state index contributed by atoms with van der Waals surface area (Å²) in [6.07, 6.45) is 3.18. The number of carbonyl (C=O) groups is 1. The van der Waals surface area contributed by atoms with Crippen LogP contribution in [0.1, 0.15) is 41.2 Å². The van der Waals surface area contributed by atoms with Crippen molar-refractivity contribution in [2.75, 3.05) is 38.8 Å². The number of pyridine rings is 1. The smallest absolute Gasteiger partial charge is 0.303 e. The number of nitrogens with one attached hydrogen (secondary N) is 1. The van der Waals surface area contributed by atoms with Crippen molar-refractivity contribution in [1.82, 2.24) is 18.6 Å². The normalized spacial score (nSPS) is 20.8. The summed E-state index contributed by atoms with van der Waals surface area (Å²) in [5, 5.41) is 4.14. The summed E-state index contributed by atoms with van der Waals surface area (Å²) in [6.45, 7) is 1.22. The van der Waals surface area contributed by atoms with Crippen LogP contribution < -0.4 is 14.4 Å². The first kappa shape index (κ1) is 26.3. The summed E-state index contributed by atoms with van der Waals surface area (Å²) in [6, 6.07) is 7.14. The van der Waals surface area contributed by atoms with Crippen LogP contribution in [0.4, 0.5) is 14.5 Å². The van der Waals surface area contributed by atoms with Gasteiger partial charge in [-0.3, -0.25) is 4.79 Å². The summed E-state index contributed by atoms with van der Waals surface area (Å²) < 4.78 is 69.5. The van der Waals surface area contributed by atoms with Crippen molar-refractivity contribution in [1.29, 1.82) is 0 Å². The maximum Gasteiger partial charge on any atom is 0.303 e. The van der Waals surface area contributed by atoms with Gasteiger partial charge >= 0.3 is 10.2 Å². The molecular weight excluding hydrogens is 520 g/mol. The number of halogens is 2. The summed E-state index contributed by atoms with van der Waals surface area (Å²) in [5.74, 6) is -0.792. The van der Waals surface area contributed by atoms with Gasteiger partial charge in [-0.2, -0.15) is 17.8 Å². The Morgan fingerprint density at radius 2 is 1.97 bits per heavy atom. The van der Waals surface area contributed by atoms with E-state index in [1.54, 1.807) is 24.4 Å². The van der Waals surface area contributed by atoms with Gasteiger partial charge in [0.05, 0.1) is 36.5 Å². The highest BCUT2D eigenvalue weighted by Crippen LogP contribution is 2.42. The lowest BCUT2D eigenvalue weighted by Crippen LogP contribution is -2.39. The first-order valence-electron chi connectivity index (χ1n) is 12.3. The molecule has 1 aromatic carbocycles. The van der Waals surface area contributed by atoms with Crippen molar-refractivity contribution >= 4 is 27.3 Å². The lowest BCUT2D eigenvalue weighted by molar-refractivity contribution is 0.0250. The Morgan fingerprint density at radius 1 is 1.21 bits per heavy atom. The number of benzene rings is 1. The molecule has 1 N–H and O–H groups in total. The first-order chi connectivity index (χ1) is 18.1. The van der Waals surface area contributed by atoms with Crippen LogP contribution in [0.2, 0.25) is 0 Å². The molecule has 1 amide bonds. The molecule has 0 bridgehead atoms. The summed E-state index contributed by atoms with van der Waals surface area (Å²) >= 11 is 0. The number of hydrogen-bond acceptors (Lipinski definition) is 7. The highest BCUT2D eigenvalue weighted by molar-refractivity contribution is 7.87. The summed E-state index contributed by atoms with van der Waals surface area (Å²) in [5.41, 5.74) is 1.50. The van der Waals surface area contributed by atoms with E-state index in [0.29, 0.717) is 48.6 Å². The van der Waals surface area contributed by atoms with Crippen LogP contribution in [0.15, 0.2) is 42.7 Å². The Bertz CT molecular complexity index is 1440. The predicted molar refractivity (Wildman–Crippen MR) is 136 cm³/mol. The van der Waals surface area contributed by atoms with Crippen molar-refractivity contribution in [3.8, 4) is 5.75 Å². The topological polar surface area (TPSA) is 105 Å². The van der Waals surface area contributed by atoms with E-state index in [0.717, 1.165) is 4.31 Å². The maximum absolute atomic E-state index is 14.9. The van der Waals surface area contributed by atoms with Crippen molar-refractivity contribution in [2.24, 2.45) is 0 Å². The van der Waals surface area contributed by atoms with Gasteiger partial charge in [-0.1, -0.05) is 0 Å². The second kappa shape index (κ2) is 10.5. The Hall–Kier alpha value is -3.29. The fourth-order valence-corrected chi connectivity index (χ4v) is 5.34. The standard InChI is InChI=1S/C25H29F2N5O5S/c1-30(2)38(34,35)29-25(33)21-14-28-32-8-5-18(13-23(21)32)31-15-17(27)12-22(31)20-11-16(26)3-4-24(20)37-19-6-9-36-10-7-19/h3-5,8,11,13-14,17,19,22H,6-7,9-10,12,15H2,1-2H3,(H,29,33)/t17-,22+/m0/s1. The number of fused-ring (bicyclic) bond motifs is 1. The second-order valence-corrected chi connectivity index (χ2v) is 11.5. The zero-order valence-electron chi connectivity index (χ0n) is 21.0. The minimum Gasteiger partial charge on any atom is -0.490 e. The monoisotopic (exact) mass is 549 g/mol. The number of hydrogen-bond donors (Lipinski definition) is 1. The zero-order chi connectivity index (χ0) is 27.0. The molecule has 3 aromatic rings. The van der Waals surface area contributed by atoms with E-state index in [4.69, 9.17) is 9.47 Å². The molecule has 5 rings (SSSR count). The molecule has 38 heavy (non-hydrogen) atoms. The first-order valence-corrected chi connectivity index (χ1v) is 13.7. The molecule has 2 aliphatic heterocycles. The number of nitrogens with zero attached hydrogens (tertiary/aromatic N) is 4. The van der Waals surface area contributed by atoms with Crippen LogP contribution in [0.25, 0.3) is 5.52 Å². The van der Waals surface area contributed by atoms with E-state index in [9.17, 15) is 22.0 Å². The third-order valence-electron chi connectivity index (χ3n) is 6.83. The minimum atomic E-state index is -4.01. The molecule has 2 saturated heterocycles. The van der Waals surface area contributed by atoms with Gasteiger partial charge in [0.1, 0.15) is 23.8 Å². The van der Waals surface area contributed by atoms with Crippen molar-refractivity contribution in [3.05, 3.63) is 59.7 Å². The number of aromatic nitrogens is 2. The molecule has 0 saturated carbocycles. The van der Waals surface area contributed by atoms with Gasteiger partial charge in [-0.25, -0.2) is 18.0 Å². The molecule has 2 aliphatic rings. The number of anilines is 1. The Kier molecular flexibility index (Phi) is 7.25. The predicted octanol–water partition coefficient (Wildman–Crippen LogP) is 2.86. The van der Waals surface area contributed by atoms with E-state index >= 15 is 0 Å². The third-order valence-corrected chi connectivity index (χ3v) is 8.23. The van der Waals surface area contributed by atoms with E-state index < -0.39 is 34.1 Å². The number of alkyl halides is 1. The molecule has 0 radical (unpaired) electrons. The SMILES string of the molecule is CN(C)S(=O)(=O)NC(=O)c1cnn2ccc(N3C[C@@H](F)C[C@@H]3c3cc(F)ccc3OC3CCOCC3)cc12. The molecule has 204 valence electrons. The van der Waals surface area contributed by atoms with Crippen LogP contribution in [-0.2, 0) is 14.9 Å². The second-order valence-electron chi connectivity index (χ2n) is 9.60. The van der Waals surface area contributed by atoms with E-state index in [-0.39, 0.29) is 24.6 Å². The van der Waals surface area contributed by atoms with Crippen LogP contribution in [0.5, 0.6) is 5.75 Å². The maximum atomic E-state index is 14.9. The van der Waals surface area contributed by atoms with Gasteiger partial charge in [-0.15, -0.1) is 0 Å². The average Bonchev–Trinajstić information content (AvgIpc) is 3.48. The fourth-order valence-electron chi connectivity index (χ4n) is 4.81. The number of rotatable bonds is 7. The highest BCUT2D eigenvalue weighted by Gasteiger charge is 2.36. The molecular formula is C25H29F2N5O5S. The number of amides is 1. The molecule has 2 aromatic heterocycles. The Balaban J connectivity index is 1.48. The van der Waals surface area contributed by atoms with Gasteiger partial charge in [-0.05, 0) is 30.3 Å². The van der Waals surface area contributed by atoms with Crippen molar-refractivity contribution in [2.45, 2.75) is 37.6 Å². The van der Waals surface area contributed by atoms with E-state index in [2.05, 4.69) is 5.10 Å². The lowest BCUT2D eigenvalue weighted by atomic mass is 10.0. The fraction of sp³-hybridized carbons (Fsp3) is 0.440. The van der Waals surface area contributed by atoms with Crippen molar-refractivity contribution < 1.29 is 31.5 Å². The number of ether oxygens (including phenoxy) is 2. The van der Waals surface area contributed by atoms with Crippen molar-refractivity contribution in [3.63, 3.8) is 0 Å². The van der Waals surface area contributed by atoms with E-state index in [1.807, 2.05) is 9.62 Å². The third kappa shape index (κ3) is 5.31. The molecule has 2 atom stereocenters. The Labute approximate surface area is 219 Å². The van der Waals surface area contributed by atoms with Gasteiger partial charge in [0, 0.05) is 57.4 Å². The molecule has 0 unspecified atom stereocenters. The molecule has 13 heteroatoms. The summed E-state index contributed by atoms with van der Waals surface area (Å²) in [4.78, 5) is 14.6. The molecule has 4 heterocycles. The largest absolute Gasteiger partial charge is 0.490 e. The highest BCUT2D eigenvalue weighted by atomic mass is 32.2. The van der Waals surface area contributed by atoms with E-state index in [1.165, 1.54) is 36.9 Å². The number of carbonyl (C=O) groups excluding carboxylic acids is 1. The lowest BCUT2D eigenvalue weighted by Gasteiger charge is -2.30. The molecule has 0 aliphatic carbocycles. The van der Waals surface area contributed by atoms with Crippen LogP contribution in [-0.4, -0.2) is 74.4 Å².